The van der Waals surface area contributed by atoms with Gasteiger partial charge in [0.2, 0.25) is 5.91 Å². The molecule has 0 aliphatic carbocycles. The third-order valence-electron chi connectivity index (χ3n) is 4.96. The van der Waals surface area contributed by atoms with Gasteiger partial charge in [-0.15, -0.1) is 12.4 Å². The van der Waals surface area contributed by atoms with Gasteiger partial charge in [0.15, 0.2) is 15.0 Å². The highest BCUT2D eigenvalue weighted by Crippen LogP contribution is 2.40. The molecular formula is C22H27ClFN3O5S2. The number of likely N-dealkylation sites (N-methyl/N-ethyl adjacent to an activating group) is 1. The van der Waals surface area contributed by atoms with E-state index in [9.17, 15) is 17.6 Å². The quantitative estimate of drug-likeness (QED) is 0.369. The number of nitrogens with zero attached hydrogens (tertiary/aromatic N) is 3. The first kappa shape index (κ1) is 27.8. The summed E-state index contributed by atoms with van der Waals surface area (Å²) in [7, 11) is 3.10. The fraction of sp³-hybridized carbons (Fsp3) is 0.364. The molecule has 186 valence electrons. The van der Waals surface area contributed by atoms with Gasteiger partial charge in [-0.05, 0) is 50.5 Å². The molecular weight excluding hydrogens is 505 g/mol. The minimum Gasteiger partial charge on any atom is -0.495 e. The Morgan fingerprint density at radius 1 is 1.03 bits per heavy atom. The van der Waals surface area contributed by atoms with Gasteiger partial charge in [0.05, 0.1) is 24.9 Å². The van der Waals surface area contributed by atoms with E-state index in [1.807, 2.05) is 19.0 Å². The monoisotopic (exact) mass is 531 g/mol. The van der Waals surface area contributed by atoms with Crippen LogP contribution in [0.1, 0.15) is 6.42 Å². The van der Waals surface area contributed by atoms with Crippen molar-refractivity contribution in [1.29, 1.82) is 0 Å². The molecule has 0 saturated carbocycles. The van der Waals surface area contributed by atoms with E-state index in [2.05, 4.69) is 4.98 Å². The van der Waals surface area contributed by atoms with E-state index in [0.717, 1.165) is 16.8 Å². The number of hydrogen-bond donors (Lipinski definition) is 0. The van der Waals surface area contributed by atoms with Gasteiger partial charge in [-0.25, -0.2) is 17.8 Å². The van der Waals surface area contributed by atoms with Crippen LogP contribution in [0.2, 0.25) is 0 Å². The lowest BCUT2D eigenvalue weighted by Gasteiger charge is -2.22. The molecule has 0 spiro atoms. The number of hydrogen-bond acceptors (Lipinski definition) is 8. The Balaban J connectivity index is 0.00000408. The number of anilines is 1. The summed E-state index contributed by atoms with van der Waals surface area (Å²) >= 11 is 1.28. The van der Waals surface area contributed by atoms with Crippen molar-refractivity contribution < 1.29 is 27.1 Å². The minimum atomic E-state index is -3.75. The Morgan fingerprint density at radius 3 is 2.24 bits per heavy atom. The molecule has 0 N–H and O–H groups in total. The molecule has 3 rings (SSSR count). The first-order valence-corrected chi connectivity index (χ1v) is 12.6. The molecule has 1 heterocycles. The Labute approximate surface area is 208 Å². The van der Waals surface area contributed by atoms with Gasteiger partial charge < -0.3 is 14.4 Å². The number of carbonyl (C=O) groups is 1. The van der Waals surface area contributed by atoms with Crippen LogP contribution in [-0.4, -0.2) is 71.4 Å². The largest absolute Gasteiger partial charge is 0.495 e. The molecule has 12 heteroatoms. The van der Waals surface area contributed by atoms with Gasteiger partial charge >= 0.3 is 0 Å². The van der Waals surface area contributed by atoms with Gasteiger partial charge in [-0.2, -0.15) is 0 Å². The van der Waals surface area contributed by atoms with Crippen molar-refractivity contribution in [2.24, 2.45) is 0 Å². The van der Waals surface area contributed by atoms with Crippen LogP contribution < -0.4 is 14.4 Å². The number of amides is 1. The average Bonchev–Trinajstić information content (AvgIpc) is 3.22. The molecule has 0 unspecified atom stereocenters. The minimum absolute atomic E-state index is 0. The maximum atomic E-state index is 13.2. The lowest BCUT2D eigenvalue weighted by Crippen LogP contribution is -2.37. The second kappa shape index (κ2) is 11.8. The summed E-state index contributed by atoms with van der Waals surface area (Å²) in [6, 6.07) is 8.08. The predicted molar refractivity (Wildman–Crippen MR) is 134 cm³/mol. The molecule has 34 heavy (non-hydrogen) atoms. The van der Waals surface area contributed by atoms with Crippen molar-refractivity contribution >= 4 is 54.8 Å². The fourth-order valence-electron chi connectivity index (χ4n) is 3.13. The summed E-state index contributed by atoms with van der Waals surface area (Å²) in [5.74, 6) is -0.144. The van der Waals surface area contributed by atoms with Crippen molar-refractivity contribution in [2.45, 2.75) is 11.3 Å². The summed E-state index contributed by atoms with van der Waals surface area (Å²) < 4.78 is 50.0. The molecule has 1 amide bonds. The van der Waals surface area contributed by atoms with Crippen LogP contribution >= 0.6 is 23.7 Å². The number of aromatic nitrogens is 1. The van der Waals surface area contributed by atoms with Gasteiger partial charge in [-0.3, -0.25) is 9.69 Å². The highest BCUT2D eigenvalue weighted by molar-refractivity contribution is 7.91. The molecule has 1 aromatic heterocycles. The van der Waals surface area contributed by atoms with Gasteiger partial charge in [0.1, 0.15) is 27.5 Å². The molecule has 0 fully saturated rings. The zero-order valence-electron chi connectivity index (χ0n) is 19.3. The number of fused-ring (bicyclic) bond motifs is 1. The number of rotatable bonds is 10. The predicted octanol–water partition coefficient (Wildman–Crippen LogP) is 3.63. The highest BCUT2D eigenvalue weighted by atomic mass is 35.5. The molecule has 0 saturated heterocycles. The fourth-order valence-corrected chi connectivity index (χ4v) is 5.48. The van der Waals surface area contributed by atoms with E-state index < -0.39 is 21.4 Å². The number of ether oxygens (including phenoxy) is 2. The highest BCUT2D eigenvalue weighted by Gasteiger charge is 2.25. The smallest absolute Gasteiger partial charge is 0.229 e. The van der Waals surface area contributed by atoms with Crippen molar-refractivity contribution in [3.63, 3.8) is 0 Å². The van der Waals surface area contributed by atoms with Gasteiger partial charge in [0.25, 0.3) is 0 Å². The Morgan fingerprint density at radius 2 is 1.65 bits per heavy atom. The Hall–Kier alpha value is -2.47. The maximum absolute atomic E-state index is 13.2. The first-order valence-electron chi connectivity index (χ1n) is 10.1. The van der Waals surface area contributed by atoms with Crippen LogP contribution in [0, 0.1) is 5.82 Å². The van der Waals surface area contributed by atoms with Crippen LogP contribution in [0.5, 0.6) is 11.5 Å². The molecule has 0 bridgehead atoms. The van der Waals surface area contributed by atoms with Crippen LogP contribution in [0.4, 0.5) is 9.52 Å². The molecule has 0 aliphatic rings. The third kappa shape index (κ3) is 6.35. The number of methoxy groups -OCH3 is 2. The van der Waals surface area contributed by atoms with E-state index in [1.54, 1.807) is 19.2 Å². The summed E-state index contributed by atoms with van der Waals surface area (Å²) in [6.07, 6.45) is -0.239. The zero-order chi connectivity index (χ0) is 24.2. The van der Waals surface area contributed by atoms with E-state index in [0.29, 0.717) is 35.2 Å². The topological polar surface area (TPSA) is 89.0 Å². The standard InChI is InChI=1S/C22H26FN3O5S2.ClH/c1-25(2)12-13-26(19(27)11-14-33(28,29)16-7-5-15(23)6-8-16)22-24-20-17(30-3)9-10-18(31-4)21(20)32-22;/h5-10H,11-14H2,1-4H3;1H. The number of carbonyl (C=O) groups excluding carboxylic acids is 1. The average molecular weight is 532 g/mol. The molecule has 3 aromatic rings. The third-order valence-corrected chi connectivity index (χ3v) is 7.78. The first-order chi connectivity index (χ1) is 15.7. The maximum Gasteiger partial charge on any atom is 0.229 e. The van der Waals surface area contributed by atoms with Crippen molar-refractivity contribution in [3.05, 3.63) is 42.2 Å². The van der Waals surface area contributed by atoms with E-state index in [4.69, 9.17) is 9.47 Å². The lowest BCUT2D eigenvalue weighted by molar-refractivity contribution is -0.118. The van der Waals surface area contributed by atoms with Gasteiger partial charge in [0, 0.05) is 19.5 Å². The van der Waals surface area contributed by atoms with Gasteiger partial charge in [-0.1, -0.05) is 11.3 Å². The number of halogens is 2. The molecule has 8 nitrogen and oxygen atoms in total. The molecule has 2 aromatic carbocycles. The van der Waals surface area contributed by atoms with E-state index in [1.165, 1.54) is 35.5 Å². The van der Waals surface area contributed by atoms with E-state index in [-0.39, 0.29) is 29.6 Å². The molecule has 0 atom stereocenters. The van der Waals surface area contributed by atoms with Crippen molar-refractivity contribution in [1.82, 2.24) is 9.88 Å². The summed E-state index contributed by atoms with van der Waals surface area (Å²) in [6.45, 7) is 0.882. The number of benzene rings is 2. The summed E-state index contributed by atoms with van der Waals surface area (Å²) in [5, 5.41) is 0.429. The van der Waals surface area contributed by atoms with Crippen molar-refractivity contribution in [2.75, 3.05) is 52.1 Å². The van der Waals surface area contributed by atoms with Crippen molar-refractivity contribution in [3.8, 4) is 11.5 Å². The summed E-state index contributed by atoms with van der Waals surface area (Å²) in [4.78, 5) is 21.2. The van der Waals surface area contributed by atoms with Crippen LogP contribution in [0.3, 0.4) is 0 Å². The molecule has 0 aliphatic heterocycles. The second-order valence-corrected chi connectivity index (χ2v) is 10.6. The van der Waals surface area contributed by atoms with E-state index >= 15 is 0 Å². The molecule has 0 radical (unpaired) electrons. The Bertz CT molecular complexity index is 1190. The Kier molecular flexibility index (Phi) is 9.63. The summed E-state index contributed by atoms with van der Waals surface area (Å²) in [5.41, 5.74) is 0.568. The number of sulfone groups is 1. The zero-order valence-corrected chi connectivity index (χ0v) is 21.7. The van der Waals surface area contributed by atoms with Crippen LogP contribution in [0.25, 0.3) is 10.2 Å². The number of thiazole rings is 1. The normalized spacial score (nSPS) is 11.4. The van der Waals surface area contributed by atoms with Crippen LogP contribution in [-0.2, 0) is 14.6 Å². The van der Waals surface area contributed by atoms with Crippen LogP contribution in [0.15, 0.2) is 41.3 Å². The second-order valence-electron chi connectivity index (χ2n) is 7.52. The SMILES string of the molecule is COc1ccc(OC)c2sc(N(CCN(C)C)C(=O)CCS(=O)(=O)c3ccc(F)cc3)nc12.Cl. The lowest BCUT2D eigenvalue weighted by atomic mass is 10.3.